The molecule has 0 bridgehead atoms. The average Bonchev–Trinajstić information content (AvgIpc) is 2.99. The van der Waals surface area contributed by atoms with Gasteiger partial charge in [0.2, 0.25) is 0 Å². The van der Waals surface area contributed by atoms with Crippen molar-refractivity contribution in [3.05, 3.63) is 66.4 Å². The largest absolute Gasteiger partial charge is 0.338 e. The van der Waals surface area contributed by atoms with Crippen molar-refractivity contribution in [2.24, 2.45) is 0 Å². The molecule has 0 amide bonds. The van der Waals surface area contributed by atoms with Gasteiger partial charge in [-0.15, -0.1) is 0 Å². The van der Waals surface area contributed by atoms with Crippen LogP contribution in [0.4, 0.5) is 0 Å². The number of nitrogens with one attached hydrogen (secondary N) is 2. The Balaban J connectivity index is 1.92. The molecule has 1 heterocycles. The normalized spacial score (nSPS) is 10.7. The first-order valence-corrected chi connectivity index (χ1v) is 6.71. The highest BCUT2D eigenvalue weighted by molar-refractivity contribution is 5.64. The average molecular weight is 263 g/mol. The minimum atomic E-state index is 0.869. The molecule has 3 aromatic rings. The van der Waals surface area contributed by atoms with Gasteiger partial charge in [-0.3, -0.25) is 0 Å². The third-order valence-electron chi connectivity index (χ3n) is 3.24. The number of H-pyrrole nitrogens is 1. The molecule has 0 aliphatic heterocycles. The Bertz CT molecular complexity index is 686. The molecule has 0 aliphatic carbocycles. The molecule has 2 N–H and O–H groups in total. The van der Waals surface area contributed by atoms with Gasteiger partial charge >= 0.3 is 0 Å². The lowest BCUT2D eigenvalue weighted by Gasteiger charge is -2.03. The highest BCUT2D eigenvalue weighted by Crippen LogP contribution is 2.22. The summed E-state index contributed by atoms with van der Waals surface area (Å²) in [6.07, 6.45) is 1.89. The zero-order chi connectivity index (χ0) is 13.8. The van der Waals surface area contributed by atoms with Gasteiger partial charge in [0.05, 0.1) is 11.9 Å². The Morgan fingerprint density at radius 1 is 1.00 bits per heavy atom. The molecular formula is C17H17N3. The highest BCUT2D eigenvalue weighted by atomic mass is 14.9. The molecule has 3 rings (SSSR count). The van der Waals surface area contributed by atoms with Crippen LogP contribution in [0.2, 0.25) is 0 Å². The Kier molecular flexibility index (Phi) is 3.61. The van der Waals surface area contributed by atoms with Crippen molar-refractivity contribution in [3.8, 4) is 22.6 Å². The SMILES string of the molecule is CNCc1cccc(-c2cnc(-c3ccccc3)[nH]2)c1. The summed E-state index contributed by atoms with van der Waals surface area (Å²) < 4.78 is 0. The predicted molar refractivity (Wildman–Crippen MR) is 82.2 cm³/mol. The summed E-state index contributed by atoms with van der Waals surface area (Å²) in [5.74, 6) is 0.902. The van der Waals surface area contributed by atoms with Crippen LogP contribution in [0.25, 0.3) is 22.6 Å². The minimum absolute atomic E-state index is 0.869. The van der Waals surface area contributed by atoms with Crippen molar-refractivity contribution in [2.45, 2.75) is 6.54 Å². The predicted octanol–water partition coefficient (Wildman–Crippen LogP) is 3.46. The van der Waals surface area contributed by atoms with Crippen LogP contribution in [-0.2, 0) is 6.54 Å². The zero-order valence-corrected chi connectivity index (χ0v) is 11.4. The molecule has 0 saturated carbocycles. The van der Waals surface area contributed by atoms with Gasteiger partial charge < -0.3 is 10.3 Å². The number of nitrogens with zero attached hydrogens (tertiary/aromatic N) is 1. The number of aromatic nitrogens is 2. The van der Waals surface area contributed by atoms with Crippen LogP contribution in [-0.4, -0.2) is 17.0 Å². The second kappa shape index (κ2) is 5.72. The summed E-state index contributed by atoms with van der Waals surface area (Å²) in [5.41, 5.74) is 4.57. The number of hydrogen-bond acceptors (Lipinski definition) is 2. The number of benzene rings is 2. The molecule has 100 valence electrons. The summed E-state index contributed by atoms with van der Waals surface area (Å²) in [7, 11) is 1.95. The van der Waals surface area contributed by atoms with Crippen molar-refractivity contribution in [2.75, 3.05) is 7.05 Å². The second-order valence-corrected chi connectivity index (χ2v) is 4.74. The quantitative estimate of drug-likeness (QED) is 0.756. The molecule has 3 nitrogen and oxygen atoms in total. The van der Waals surface area contributed by atoms with E-state index < -0.39 is 0 Å². The van der Waals surface area contributed by atoms with Crippen LogP contribution in [0, 0.1) is 0 Å². The standard InChI is InChI=1S/C17H17N3/c1-18-11-13-6-5-9-15(10-13)16-12-19-17(20-16)14-7-3-2-4-8-14/h2-10,12,18H,11H2,1H3,(H,19,20). The first-order chi connectivity index (χ1) is 9.86. The van der Waals surface area contributed by atoms with Gasteiger partial charge in [0.25, 0.3) is 0 Å². The van der Waals surface area contributed by atoms with Crippen molar-refractivity contribution < 1.29 is 0 Å². The Hall–Kier alpha value is -2.39. The maximum Gasteiger partial charge on any atom is 0.137 e. The van der Waals surface area contributed by atoms with Crippen molar-refractivity contribution >= 4 is 0 Å². The lowest BCUT2D eigenvalue weighted by Crippen LogP contribution is -2.04. The first kappa shape index (κ1) is 12.6. The Morgan fingerprint density at radius 3 is 2.60 bits per heavy atom. The summed E-state index contributed by atoms with van der Waals surface area (Å²) in [5, 5.41) is 3.17. The molecule has 0 radical (unpaired) electrons. The maximum atomic E-state index is 4.47. The van der Waals surface area contributed by atoms with Gasteiger partial charge in [0.15, 0.2) is 0 Å². The van der Waals surface area contributed by atoms with Gasteiger partial charge in [-0.25, -0.2) is 4.98 Å². The van der Waals surface area contributed by atoms with Crippen LogP contribution in [0.5, 0.6) is 0 Å². The topological polar surface area (TPSA) is 40.7 Å². The molecule has 0 spiro atoms. The second-order valence-electron chi connectivity index (χ2n) is 4.74. The molecule has 0 saturated heterocycles. The van der Waals surface area contributed by atoms with Crippen LogP contribution >= 0.6 is 0 Å². The molecule has 1 aromatic heterocycles. The molecule has 3 heteroatoms. The minimum Gasteiger partial charge on any atom is -0.338 e. The summed E-state index contributed by atoms with van der Waals surface area (Å²) in [6, 6.07) is 18.6. The van der Waals surface area contributed by atoms with Gasteiger partial charge in [-0.2, -0.15) is 0 Å². The number of rotatable bonds is 4. The Labute approximate surface area is 118 Å². The number of aromatic amines is 1. The van der Waals surface area contributed by atoms with Gasteiger partial charge in [0, 0.05) is 12.1 Å². The van der Waals surface area contributed by atoms with Crippen molar-refractivity contribution in [1.29, 1.82) is 0 Å². The van der Waals surface area contributed by atoms with E-state index in [2.05, 4.69) is 51.7 Å². The highest BCUT2D eigenvalue weighted by Gasteiger charge is 2.05. The molecule has 20 heavy (non-hydrogen) atoms. The maximum absolute atomic E-state index is 4.47. The van der Waals surface area contributed by atoms with Gasteiger partial charge in [0.1, 0.15) is 5.82 Å². The van der Waals surface area contributed by atoms with Crippen LogP contribution < -0.4 is 5.32 Å². The van der Waals surface area contributed by atoms with E-state index in [1.807, 2.05) is 31.4 Å². The number of imidazole rings is 1. The molecular weight excluding hydrogens is 246 g/mol. The first-order valence-electron chi connectivity index (χ1n) is 6.71. The zero-order valence-electron chi connectivity index (χ0n) is 11.4. The fourth-order valence-electron chi connectivity index (χ4n) is 2.26. The molecule has 0 aliphatic rings. The lowest BCUT2D eigenvalue weighted by molar-refractivity contribution is 0.818. The Morgan fingerprint density at radius 2 is 1.80 bits per heavy atom. The third-order valence-corrected chi connectivity index (χ3v) is 3.24. The monoisotopic (exact) mass is 263 g/mol. The van der Waals surface area contributed by atoms with Crippen LogP contribution in [0.1, 0.15) is 5.56 Å². The molecule has 0 fully saturated rings. The van der Waals surface area contributed by atoms with Crippen molar-refractivity contribution in [1.82, 2.24) is 15.3 Å². The third kappa shape index (κ3) is 2.63. The van der Waals surface area contributed by atoms with E-state index in [-0.39, 0.29) is 0 Å². The summed E-state index contributed by atoms with van der Waals surface area (Å²) in [4.78, 5) is 7.85. The van der Waals surface area contributed by atoms with E-state index in [0.717, 1.165) is 29.2 Å². The number of hydrogen-bond donors (Lipinski definition) is 2. The van der Waals surface area contributed by atoms with E-state index >= 15 is 0 Å². The smallest absolute Gasteiger partial charge is 0.137 e. The summed E-state index contributed by atoms with van der Waals surface area (Å²) >= 11 is 0. The van der Waals surface area contributed by atoms with E-state index in [0.29, 0.717) is 0 Å². The van der Waals surface area contributed by atoms with Gasteiger partial charge in [-0.05, 0) is 24.2 Å². The fourth-order valence-corrected chi connectivity index (χ4v) is 2.26. The summed E-state index contributed by atoms with van der Waals surface area (Å²) in [6.45, 7) is 0.869. The van der Waals surface area contributed by atoms with Crippen LogP contribution in [0.3, 0.4) is 0 Å². The van der Waals surface area contributed by atoms with Crippen LogP contribution in [0.15, 0.2) is 60.8 Å². The van der Waals surface area contributed by atoms with E-state index in [4.69, 9.17) is 0 Å². The van der Waals surface area contributed by atoms with E-state index in [9.17, 15) is 0 Å². The molecule has 0 atom stereocenters. The van der Waals surface area contributed by atoms with Gasteiger partial charge in [-0.1, -0.05) is 48.5 Å². The fraction of sp³-hybridized carbons (Fsp3) is 0.118. The lowest BCUT2D eigenvalue weighted by atomic mass is 10.1. The van der Waals surface area contributed by atoms with E-state index in [1.54, 1.807) is 0 Å². The molecule has 2 aromatic carbocycles. The van der Waals surface area contributed by atoms with E-state index in [1.165, 1.54) is 5.56 Å². The van der Waals surface area contributed by atoms with Crippen molar-refractivity contribution in [3.63, 3.8) is 0 Å². The molecule has 0 unspecified atom stereocenters.